The van der Waals surface area contributed by atoms with E-state index in [9.17, 15) is 13.2 Å². The summed E-state index contributed by atoms with van der Waals surface area (Å²) in [7, 11) is -3.46. The average Bonchev–Trinajstić information content (AvgIpc) is 2.66. The zero-order chi connectivity index (χ0) is 19.4. The molecule has 138 valence electrons. The maximum atomic E-state index is 12.6. The molecule has 4 nitrogen and oxygen atoms in total. The van der Waals surface area contributed by atoms with Crippen LogP contribution in [0.2, 0.25) is 0 Å². The highest BCUT2D eigenvalue weighted by atomic mass is 32.2. The van der Waals surface area contributed by atoms with E-state index in [-0.39, 0.29) is 16.6 Å². The van der Waals surface area contributed by atoms with Crippen LogP contribution in [-0.4, -0.2) is 14.3 Å². The number of amides is 1. The number of carbonyl (C=O) groups is 1. The van der Waals surface area contributed by atoms with Crippen LogP contribution in [-0.2, 0) is 15.6 Å². The van der Waals surface area contributed by atoms with Crippen LogP contribution in [0.1, 0.15) is 27.0 Å². The summed E-state index contributed by atoms with van der Waals surface area (Å²) in [5, 5.41) is 2.90. The molecule has 0 unspecified atom stereocenters. The summed E-state index contributed by atoms with van der Waals surface area (Å²) in [6.45, 7) is 3.94. The Bertz CT molecular complexity index is 1070. The Balaban J connectivity index is 1.81. The van der Waals surface area contributed by atoms with Crippen LogP contribution >= 0.6 is 0 Å². The molecule has 0 aliphatic heterocycles. The first-order chi connectivity index (χ1) is 12.9. The van der Waals surface area contributed by atoms with Gasteiger partial charge in [0.05, 0.1) is 10.6 Å². The lowest BCUT2D eigenvalue weighted by Crippen LogP contribution is -2.14. The van der Waals surface area contributed by atoms with Crippen molar-refractivity contribution >= 4 is 21.4 Å². The molecule has 0 aromatic heterocycles. The summed E-state index contributed by atoms with van der Waals surface area (Å²) < 4.78 is 25.1. The lowest BCUT2D eigenvalue weighted by Gasteiger charge is -2.11. The van der Waals surface area contributed by atoms with Gasteiger partial charge in [-0.3, -0.25) is 4.79 Å². The maximum Gasteiger partial charge on any atom is 0.255 e. The molecule has 0 fully saturated rings. The monoisotopic (exact) mass is 379 g/mol. The normalized spacial score (nSPS) is 11.2. The van der Waals surface area contributed by atoms with E-state index >= 15 is 0 Å². The largest absolute Gasteiger partial charge is 0.322 e. The van der Waals surface area contributed by atoms with E-state index in [4.69, 9.17) is 0 Å². The predicted octanol–water partition coefficient (Wildman–Crippen LogP) is 4.53. The standard InChI is InChI=1S/C22H21NO3S/c1-16-8-6-13-21(17(16)2)23-22(24)19-10-7-9-18(14-19)15-27(25,26)20-11-4-3-5-12-20/h3-14H,15H2,1-2H3,(H,23,24). The van der Waals surface area contributed by atoms with Crippen LogP contribution in [0.15, 0.2) is 77.7 Å². The Morgan fingerprint density at radius 1 is 0.889 bits per heavy atom. The molecule has 0 saturated heterocycles. The number of aryl methyl sites for hydroxylation is 1. The molecular weight excluding hydrogens is 358 g/mol. The lowest BCUT2D eigenvalue weighted by molar-refractivity contribution is 0.102. The van der Waals surface area contributed by atoms with Gasteiger partial charge in [0, 0.05) is 11.3 Å². The van der Waals surface area contributed by atoms with E-state index in [1.54, 1.807) is 54.6 Å². The van der Waals surface area contributed by atoms with Gasteiger partial charge in [0.15, 0.2) is 9.84 Å². The number of nitrogens with one attached hydrogen (secondary N) is 1. The number of carbonyl (C=O) groups excluding carboxylic acids is 1. The third kappa shape index (κ3) is 4.44. The topological polar surface area (TPSA) is 63.2 Å². The van der Waals surface area contributed by atoms with Gasteiger partial charge in [-0.2, -0.15) is 0 Å². The number of sulfone groups is 1. The van der Waals surface area contributed by atoms with Crippen molar-refractivity contribution in [2.45, 2.75) is 24.5 Å². The molecule has 0 saturated carbocycles. The summed E-state index contributed by atoms with van der Waals surface area (Å²) in [5.74, 6) is -0.413. The first-order valence-electron chi connectivity index (χ1n) is 8.61. The molecule has 0 atom stereocenters. The zero-order valence-corrected chi connectivity index (χ0v) is 16.1. The Morgan fingerprint density at radius 2 is 1.59 bits per heavy atom. The number of hydrogen-bond donors (Lipinski definition) is 1. The van der Waals surface area contributed by atoms with Gasteiger partial charge in [-0.25, -0.2) is 8.42 Å². The van der Waals surface area contributed by atoms with Crippen molar-refractivity contribution in [1.82, 2.24) is 0 Å². The van der Waals surface area contributed by atoms with Crippen molar-refractivity contribution in [3.8, 4) is 0 Å². The first kappa shape index (κ1) is 18.9. The van der Waals surface area contributed by atoms with Gasteiger partial charge in [-0.05, 0) is 60.9 Å². The van der Waals surface area contributed by atoms with Gasteiger partial charge in [-0.15, -0.1) is 0 Å². The van der Waals surface area contributed by atoms with Crippen molar-refractivity contribution in [3.63, 3.8) is 0 Å². The van der Waals surface area contributed by atoms with Gasteiger partial charge in [0.2, 0.25) is 0 Å². The molecule has 1 amide bonds. The predicted molar refractivity (Wildman–Crippen MR) is 108 cm³/mol. The minimum Gasteiger partial charge on any atom is -0.322 e. The highest BCUT2D eigenvalue weighted by Gasteiger charge is 2.16. The highest BCUT2D eigenvalue weighted by Crippen LogP contribution is 2.20. The van der Waals surface area contributed by atoms with E-state index in [0.29, 0.717) is 11.1 Å². The molecule has 5 heteroatoms. The second kappa shape index (κ2) is 7.76. The van der Waals surface area contributed by atoms with Crippen molar-refractivity contribution in [3.05, 3.63) is 95.1 Å². The van der Waals surface area contributed by atoms with Gasteiger partial charge in [0.25, 0.3) is 5.91 Å². The van der Waals surface area contributed by atoms with Gasteiger partial charge < -0.3 is 5.32 Å². The van der Waals surface area contributed by atoms with Crippen LogP contribution in [0.25, 0.3) is 0 Å². The molecule has 0 heterocycles. The van der Waals surface area contributed by atoms with Crippen molar-refractivity contribution < 1.29 is 13.2 Å². The zero-order valence-electron chi connectivity index (χ0n) is 15.3. The van der Waals surface area contributed by atoms with E-state index in [1.165, 1.54) is 0 Å². The van der Waals surface area contributed by atoms with Crippen molar-refractivity contribution in [2.24, 2.45) is 0 Å². The first-order valence-corrected chi connectivity index (χ1v) is 10.3. The fraction of sp³-hybridized carbons (Fsp3) is 0.136. The highest BCUT2D eigenvalue weighted by molar-refractivity contribution is 7.90. The number of rotatable bonds is 5. The second-order valence-electron chi connectivity index (χ2n) is 6.47. The van der Waals surface area contributed by atoms with Crippen LogP contribution in [0, 0.1) is 13.8 Å². The molecule has 0 aliphatic rings. The fourth-order valence-corrected chi connectivity index (χ4v) is 4.17. The minimum absolute atomic E-state index is 0.151. The quantitative estimate of drug-likeness (QED) is 0.708. The number of hydrogen-bond acceptors (Lipinski definition) is 3. The summed E-state index contributed by atoms with van der Waals surface area (Å²) in [6.07, 6.45) is 0. The Hall–Kier alpha value is -2.92. The molecule has 3 aromatic rings. The lowest BCUT2D eigenvalue weighted by atomic mass is 10.1. The van der Waals surface area contributed by atoms with E-state index in [0.717, 1.165) is 16.8 Å². The summed E-state index contributed by atoms with van der Waals surface area (Å²) in [4.78, 5) is 12.9. The van der Waals surface area contributed by atoms with Gasteiger partial charge in [0.1, 0.15) is 0 Å². The molecule has 3 aromatic carbocycles. The van der Waals surface area contributed by atoms with Crippen LogP contribution in [0.3, 0.4) is 0 Å². The summed E-state index contributed by atoms with van der Waals surface area (Å²) in [5.41, 5.74) is 3.86. The third-order valence-corrected chi connectivity index (χ3v) is 6.20. The molecule has 3 rings (SSSR count). The smallest absolute Gasteiger partial charge is 0.255 e. The van der Waals surface area contributed by atoms with Crippen LogP contribution < -0.4 is 5.32 Å². The molecule has 0 radical (unpaired) electrons. The van der Waals surface area contributed by atoms with Crippen molar-refractivity contribution in [2.75, 3.05) is 5.32 Å². The number of benzene rings is 3. The van der Waals surface area contributed by atoms with Crippen LogP contribution in [0.5, 0.6) is 0 Å². The third-order valence-electron chi connectivity index (χ3n) is 4.50. The SMILES string of the molecule is Cc1cccc(NC(=O)c2cccc(CS(=O)(=O)c3ccccc3)c2)c1C. The molecule has 27 heavy (non-hydrogen) atoms. The number of anilines is 1. The molecule has 1 N–H and O–H groups in total. The molecule has 0 aliphatic carbocycles. The van der Waals surface area contributed by atoms with E-state index in [2.05, 4.69) is 5.32 Å². The average molecular weight is 379 g/mol. The van der Waals surface area contributed by atoms with E-state index in [1.807, 2.05) is 32.0 Å². The van der Waals surface area contributed by atoms with Crippen molar-refractivity contribution in [1.29, 1.82) is 0 Å². The molecular formula is C22H21NO3S. The van der Waals surface area contributed by atoms with Gasteiger partial charge >= 0.3 is 0 Å². The Kier molecular flexibility index (Phi) is 5.42. The minimum atomic E-state index is -3.46. The molecule has 0 bridgehead atoms. The van der Waals surface area contributed by atoms with Crippen LogP contribution in [0.4, 0.5) is 5.69 Å². The second-order valence-corrected chi connectivity index (χ2v) is 8.46. The van der Waals surface area contributed by atoms with E-state index < -0.39 is 9.84 Å². The maximum absolute atomic E-state index is 12.6. The Labute approximate surface area is 159 Å². The summed E-state index contributed by atoms with van der Waals surface area (Å²) >= 11 is 0. The van der Waals surface area contributed by atoms with Gasteiger partial charge in [-0.1, -0.05) is 42.5 Å². The molecule has 0 spiro atoms. The fourth-order valence-electron chi connectivity index (χ4n) is 2.81. The Morgan fingerprint density at radius 3 is 2.33 bits per heavy atom. The summed E-state index contributed by atoms with van der Waals surface area (Å²) in [6, 6.07) is 20.8.